The zero-order chi connectivity index (χ0) is 12.9. The molecule has 2 aliphatic heterocycles. The van der Waals surface area contributed by atoms with Crippen LogP contribution in [-0.4, -0.2) is 60.7 Å². The molecule has 19 heavy (non-hydrogen) atoms. The number of nitrogens with zero attached hydrogens (tertiary/aromatic N) is 3. The van der Waals surface area contributed by atoms with Crippen LogP contribution in [0.5, 0.6) is 0 Å². The summed E-state index contributed by atoms with van der Waals surface area (Å²) in [6.07, 6.45) is 4.46. The van der Waals surface area contributed by atoms with Gasteiger partial charge in [-0.25, -0.2) is 0 Å². The highest BCUT2D eigenvalue weighted by Gasteiger charge is 2.26. The van der Waals surface area contributed by atoms with Gasteiger partial charge in [0.05, 0.1) is 24.9 Å². The lowest BCUT2D eigenvalue weighted by Gasteiger charge is -2.30. The highest BCUT2D eigenvalue weighted by molar-refractivity contribution is 5.10. The monoisotopic (exact) mass is 261 g/mol. The van der Waals surface area contributed by atoms with Gasteiger partial charge in [-0.2, -0.15) is 0 Å². The van der Waals surface area contributed by atoms with Crippen LogP contribution in [-0.2, 0) is 4.74 Å². The van der Waals surface area contributed by atoms with Crippen LogP contribution >= 0.6 is 0 Å². The molecule has 1 unspecified atom stereocenters. The minimum Gasteiger partial charge on any atom is -0.379 e. The predicted octanol–water partition coefficient (Wildman–Crippen LogP) is 1.55. The second-order valence-corrected chi connectivity index (χ2v) is 5.40. The van der Waals surface area contributed by atoms with E-state index in [2.05, 4.69) is 26.9 Å². The van der Waals surface area contributed by atoms with E-state index < -0.39 is 0 Å². The molecule has 2 saturated heterocycles. The van der Waals surface area contributed by atoms with Crippen LogP contribution in [0.4, 0.5) is 0 Å². The number of rotatable bonds is 4. The van der Waals surface area contributed by atoms with Crippen molar-refractivity contribution >= 4 is 0 Å². The number of pyridine rings is 1. The Morgan fingerprint density at radius 3 is 2.84 bits per heavy atom. The SMILES string of the molecule is c1ccc(C2CCCN2CCN2CCOCC2)nc1. The normalized spacial score (nSPS) is 25.8. The Morgan fingerprint density at radius 1 is 1.16 bits per heavy atom. The van der Waals surface area contributed by atoms with Crippen molar-refractivity contribution in [1.29, 1.82) is 0 Å². The Morgan fingerprint density at radius 2 is 2.05 bits per heavy atom. The maximum atomic E-state index is 5.40. The molecule has 0 amide bonds. The minimum atomic E-state index is 0.530. The third-order valence-electron chi connectivity index (χ3n) is 4.20. The van der Waals surface area contributed by atoms with E-state index in [1.807, 2.05) is 12.3 Å². The number of morpholine rings is 1. The van der Waals surface area contributed by atoms with Crippen molar-refractivity contribution in [3.8, 4) is 0 Å². The molecule has 1 aromatic heterocycles. The molecule has 4 heteroatoms. The summed E-state index contributed by atoms with van der Waals surface area (Å²) in [5.74, 6) is 0. The van der Waals surface area contributed by atoms with E-state index in [9.17, 15) is 0 Å². The van der Waals surface area contributed by atoms with Crippen molar-refractivity contribution in [2.45, 2.75) is 18.9 Å². The summed E-state index contributed by atoms with van der Waals surface area (Å²) in [4.78, 5) is 9.64. The van der Waals surface area contributed by atoms with Gasteiger partial charge in [-0.05, 0) is 31.5 Å². The Bertz CT molecular complexity index is 378. The van der Waals surface area contributed by atoms with E-state index in [0.29, 0.717) is 6.04 Å². The average molecular weight is 261 g/mol. The molecular weight excluding hydrogens is 238 g/mol. The summed E-state index contributed by atoms with van der Waals surface area (Å²) in [5.41, 5.74) is 1.24. The maximum absolute atomic E-state index is 5.40. The molecule has 0 radical (unpaired) electrons. The van der Waals surface area contributed by atoms with Gasteiger partial charge in [0.2, 0.25) is 0 Å². The van der Waals surface area contributed by atoms with E-state index in [-0.39, 0.29) is 0 Å². The Hall–Kier alpha value is -0.970. The molecule has 0 aliphatic carbocycles. The first-order valence-electron chi connectivity index (χ1n) is 7.38. The summed E-state index contributed by atoms with van der Waals surface area (Å²) < 4.78 is 5.40. The van der Waals surface area contributed by atoms with Crippen molar-refractivity contribution in [2.75, 3.05) is 45.9 Å². The number of likely N-dealkylation sites (tertiary alicyclic amines) is 1. The topological polar surface area (TPSA) is 28.6 Å². The van der Waals surface area contributed by atoms with E-state index in [0.717, 1.165) is 39.4 Å². The summed E-state index contributed by atoms with van der Waals surface area (Å²) in [6, 6.07) is 6.79. The van der Waals surface area contributed by atoms with Gasteiger partial charge in [0.25, 0.3) is 0 Å². The third kappa shape index (κ3) is 3.32. The second-order valence-electron chi connectivity index (χ2n) is 5.40. The lowest BCUT2D eigenvalue weighted by Crippen LogP contribution is -2.41. The van der Waals surface area contributed by atoms with Crippen LogP contribution in [0.25, 0.3) is 0 Å². The fourth-order valence-electron chi connectivity index (χ4n) is 3.10. The molecule has 3 rings (SSSR count). The van der Waals surface area contributed by atoms with Crippen LogP contribution < -0.4 is 0 Å². The van der Waals surface area contributed by atoms with Gasteiger partial charge in [0, 0.05) is 32.4 Å². The zero-order valence-electron chi connectivity index (χ0n) is 11.5. The van der Waals surface area contributed by atoms with Gasteiger partial charge < -0.3 is 4.74 Å². The van der Waals surface area contributed by atoms with E-state index in [1.54, 1.807) is 0 Å². The first-order chi connectivity index (χ1) is 9.43. The summed E-state index contributed by atoms with van der Waals surface area (Å²) >= 11 is 0. The molecule has 104 valence electrons. The molecule has 2 aliphatic rings. The van der Waals surface area contributed by atoms with Gasteiger partial charge in [-0.3, -0.25) is 14.8 Å². The fourth-order valence-corrected chi connectivity index (χ4v) is 3.10. The van der Waals surface area contributed by atoms with Gasteiger partial charge >= 0.3 is 0 Å². The maximum Gasteiger partial charge on any atom is 0.0594 e. The lowest BCUT2D eigenvalue weighted by atomic mass is 10.1. The lowest BCUT2D eigenvalue weighted by molar-refractivity contribution is 0.0326. The number of hydrogen-bond donors (Lipinski definition) is 0. The molecule has 3 heterocycles. The van der Waals surface area contributed by atoms with Crippen molar-refractivity contribution in [3.05, 3.63) is 30.1 Å². The quantitative estimate of drug-likeness (QED) is 0.822. The first kappa shape index (κ1) is 13.0. The summed E-state index contributed by atoms with van der Waals surface area (Å²) in [6.45, 7) is 7.48. The van der Waals surface area contributed by atoms with Gasteiger partial charge in [-0.1, -0.05) is 6.07 Å². The predicted molar refractivity (Wildman–Crippen MR) is 75.0 cm³/mol. The van der Waals surface area contributed by atoms with Crippen LogP contribution in [0.1, 0.15) is 24.6 Å². The molecule has 4 nitrogen and oxygen atoms in total. The van der Waals surface area contributed by atoms with Gasteiger partial charge in [-0.15, -0.1) is 0 Å². The Kier molecular flexibility index (Phi) is 4.43. The molecule has 2 fully saturated rings. The van der Waals surface area contributed by atoms with Gasteiger partial charge in [0.15, 0.2) is 0 Å². The third-order valence-corrected chi connectivity index (χ3v) is 4.20. The van der Waals surface area contributed by atoms with Crippen LogP contribution in [0.15, 0.2) is 24.4 Å². The average Bonchev–Trinajstić information content (AvgIpc) is 2.95. The van der Waals surface area contributed by atoms with E-state index >= 15 is 0 Å². The standard InChI is InChI=1S/C15H23N3O/c1-2-6-16-14(4-1)15-5-3-7-18(15)9-8-17-10-12-19-13-11-17/h1-2,4,6,15H,3,5,7-13H2. The largest absolute Gasteiger partial charge is 0.379 e. The Balaban J connectivity index is 1.54. The molecule has 0 spiro atoms. The molecule has 1 atom stereocenters. The molecule has 0 aromatic carbocycles. The molecule has 0 N–H and O–H groups in total. The van der Waals surface area contributed by atoms with Crippen LogP contribution in [0.2, 0.25) is 0 Å². The summed E-state index contributed by atoms with van der Waals surface area (Å²) in [7, 11) is 0. The highest BCUT2D eigenvalue weighted by Crippen LogP contribution is 2.30. The first-order valence-corrected chi connectivity index (χ1v) is 7.38. The van der Waals surface area contributed by atoms with Crippen LogP contribution in [0, 0.1) is 0 Å². The minimum absolute atomic E-state index is 0.530. The van der Waals surface area contributed by atoms with E-state index in [4.69, 9.17) is 4.74 Å². The zero-order valence-corrected chi connectivity index (χ0v) is 11.5. The molecular formula is C15H23N3O. The summed E-state index contributed by atoms with van der Waals surface area (Å²) in [5, 5.41) is 0. The second kappa shape index (κ2) is 6.46. The van der Waals surface area contributed by atoms with E-state index in [1.165, 1.54) is 25.1 Å². The number of ether oxygens (including phenoxy) is 1. The van der Waals surface area contributed by atoms with Crippen molar-refractivity contribution in [1.82, 2.24) is 14.8 Å². The van der Waals surface area contributed by atoms with Gasteiger partial charge in [0.1, 0.15) is 0 Å². The number of aromatic nitrogens is 1. The number of hydrogen-bond acceptors (Lipinski definition) is 4. The Labute approximate surface area is 115 Å². The fraction of sp³-hybridized carbons (Fsp3) is 0.667. The smallest absolute Gasteiger partial charge is 0.0594 e. The molecule has 0 saturated carbocycles. The highest BCUT2D eigenvalue weighted by atomic mass is 16.5. The molecule has 1 aromatic rings. The molecule has 0 bridgehead atoms. The van der Waals surface area contributed by atoms with Crippen molar-refractivity contribution < 1.29 is 4.74 Å². The van der Waals surface area contributed by atoms with Crippen LogP contribution in [0.3, 0.4) is 0 Å². The van der Waals surface area contributed by atoms with Crippen molar-refractivity contribution in [2.24, 2.45) is 0 Å². The van der Waals surface area contributed by atoms with Crippen molar-refractivity contribution in [3.63, 3.8) is 0 Å².